The van der Waals surface area contributed by atoms with E-state index in [4.69, 9.17) is 9.84 Å². The normalized spacial score (nSPS) is 16.8. The molecule has 18 heavy (non-hydrogen) atoms. The number of hydrogen-bond donors (Lipinski definition) is 1. The van der Waals surface area contributed by atoms with Crippen molar-refractivity contribution in [3.05, 3.63) is 26.6 Å². The predicted molar refractivity (Wildman–Crippen MR) is 79.8 cm³/mol. The minimum absolute atomic E-state index is 0.0418. The van der Waals surface area contributed by atoms with Crippen LogP contribution in [-0.4, -0.2) is 11.7 Å². The molecule has 1 N–H and O–H groups in total. The number of aliphatic hydroxyl groups excluding tert-OH is 1. The van der Waals surface area contributed by atoms with E-state index < -0.39 is 0 Å². The van der Waals surface area contributed by atoms with Gasteiger partial charge in [-0.3, -0.25) is 0 Å². The number of aliphatic hydroxyl groups is 1. The lowest BCUT2D eigenvalue weighted by atomic mass is 9.90. The molecule has 0 saturated heterocycles. The van der Waals surface area contributed by atoms with E-state index >= 15 is 0 Å². The summed E-state index contributed by atoms with van der Waals surface area (Å²) >= 11 is 7.00. The lowest BCUT2D eigenvalue weighted by molar-refractivity contribution is 0.206. The van der Waals surface area contributed by atoms with Gasteiger partial charge in [-0.25, -0.2) is 0 Å². The first-order chi connectivity index (χ1) is 8.70. The molecule has 0 unspecified atom stereocenters. The second kappa shape index (κ2) is 6.92. The summed E-state index contributed by atoms with van der Waals surface area (Å²) in [6.07, 6.45) is 6.60. The minimum Gasteiger partial charge on any atom is -0.491 e. The van der Waals surface area contributed by atoms with Crippen molar-refractivity contribution in [2.75, 3.05) is 6.61 Å². The maximum Gasteiger partial charge on any atom is 0.147 e. The predicted octanol–water partition coefficient (Wildman–Crippen LogP) is 4.66. The first-order valence-corrected chi connectivity index (χ1v) is 8.01. The third kappa shape index (κ3) is 3.72. The molecule has 1 aromatic carbocycles. The van der Waals surface area contributed by atoms with Gasteiger partial charge in [0.1, 0.15) is 5.75 Å². The maximum atomic E-state index is 9.13. The quantitative estimate of drug-likeness (QED) is 0.826. The van der Waals surface area contributed by atoms with Gasteiger partial charge in [0.2, 0.25) is 0 Å². The van der Waals surface area contributed by atoms with Crippen LogP contribution < -0.4 is 4.74 Å². The van der Waals surface area contributed by atoms with E-state index in [1.54, 1.807) is 0 Å². The fourth-order valence-corrected chi connectivity index (χ4v) is 3.91. The molecule has 1 aromatic rings. The van der Waals surface area contributed by atoms with E-state index in [0.29, 0.717) is 5.92 Å². The largest absolute Gasteiger partial charge is 0.491 e. The topological polar surface area (TPSA) is 29.5 Å². The summed E-state index contributed by atoms with van der Waals surface area (Å²) in [5.41, 5.74) is 0.874. The highest BCUT2D eigenvalue weighted by Crippen LogP contribution is 2.36. The third-order valence-corrected chi connectivity index (χ3v) is 4.61. The van der Waals surface area contributed by atoms with Gasteiger partial charge in [0.15, 0.2) is 0 Å². The molecule has 0 heterocycles. The van der Waals surface area contributed by atoms with Gasteiger partial charge in [0.25, 0.3) is 0 Å². The summed E-state index contributed by atoms with van der Waals surface area (Å²) in [7, 11) is 0. The van der Waals surface area contributed by atoms with Crippen LogP contribution in [0.25, 0.3) is 0 Å². The Balaban J connectivity index is 2.00. The Morgan fingerprint density at radius 3 is 2.28 bits per heavy atom. The summed E-state index contributed by atoms with van der Waals surface area (Å²) in [5.74, 6) is 1.54. The Hall–Kier alpha value is -0.0600. The van der Waals surface area contributed by atoms with Crippen molar-refractivity contribution in [3.63, 3.8) is 0 Å². The summed E-state index contributed by atoms with van der Waals surface area (Å²) in [4.78, 5) is 0. The van der Waals surface area contributed by atoms with E-state index in [1.165, 1.54) is 32.1 Å². The van der Waals surface area contributed by atoms with Crippen LogP contribution in [0.5, 0.6) is 5.75 Å². The van der Waals surface area contributed by atoms with Crippen LogP contribution >= 0.6 is 31.9 Å². The molecule has 2 rings (SSSR count). The van der Waals surface area contributed by atoms with E-state index in [-0.39, 0.29) is 6.61 Å². The molecular formula is C14H18Br2O2. The SMILES string of the molecule is OCc1cc(Br)c(OCC2CCCCC2)c(Br)c1. The van der Waals surface area contributed by atoms with Crippen LogP contribution in [0.15, 0.2) is 21.1 Å². The molecule has 0 radical (unpaired) electrons. The van der Waals surface area contributed by atoms with Crippen molar-refractivity contribution < 1.29 is 9.84 Å². The fourth-order valence-electron chi connectivity index (χ4n) is 2.40. The van der Waals surface area contributed by atoms with Gasteiger partial charge in [-0.15, -0.1) is 0 Å². The molecule has 0 aliphatic heterocycles. The fraction of sp³-hybridized carbons (Fsp3) is 0.571. The van der Waals surface area contributed by atoms with Crippen LogP contribution in [-0.2, 0) is 6.61 Å². The van der Waals surface area contributed by atoms with Gasteiger partial charge in [-0.2, -0.15) is 0 Å². The van der Waals surface area contributed by atoms with Gasteiger partial charge < -0.3 is 9.84 Å². The standard InChI is InChI=1S/C14H18Br2O2/c15-12-6-11(8-17)7-13(16)14(12)18-9-10-4-2-1-3-5-10/h6-7,10,17H,1-5,8-9H2. The summed E-state index contributed by atoms with van der Waals surface area (Å²) in [5, 5.41) is 9.13. The molecule has 0 amide bonds. The molecule has 0 spiro atoms. The van der Waals surface area contributed by atoms with Gasteiger partial charge in [-0.1, -0.05) is 19.3 Å². The minimum atomic E-state index is 0.0418. The van der Waals surface area contributed by atoms with Gasteiger partial charge >= 0.3 is 0 Å². The highest BCUT2D eigenvalue weighted by molar-refractivity contribution is 9.11. The number of benzene rings is 1. The highest BCUT2D eigenvalue weighted by atomic mass is 79.9. The Kier molecular flexibility index (Phi) is 5.52. The lowest BCUT2D eigenvalue weighted by Gasteiger charge is -2.22. The lowest BCUT2D eigenvalue weighted by Crippen LogP contribution is -2.15. The summed E-state index contributed by atoms with van der Waals surface area (Å²) < 4.78 is 7.73. The Bertz CT molecular complexity index is 378. The average molecular weight is 378 g/mol. The second-order valence-corrected chi connectivity index (χ2v) is 6.57. The van der Waals surface area contributed by atoms with Crippen LogP contribution in [0, 0.1) is 5.92 Å². The van der Waals surface area contributed by atoms with Gasteiger partial charge in [0.05, 0.1) is 22.2 Å². The van der Waals surface area contributed by atoms with E-state index in [0.717, 1.165) is 26.9 Å². The molecule has 100 valence electrons. The van der Waals surface area contributed by atoms with Crippen molar-refractivity contribution >= 4 is 31.9 Å². The Labute approximate surface area is 125 Å². The molecular weight excluding hydrogens is 360 g/mol. The second-order valence-electron chi connectivity index (χ2n) is 4.86. The first-order valence-electron chi connectivity index (χ1n) is 6.42. The molecule has 0 atom stereocenters. The highest BCUT2D eigenvalue weighted by Gasteiger charge is 2.16. The van der Waals surface area contributed by atoms with Crippen molar-refractivity contribution in [1.29, 1.82) is 0 Å². The molecule has 4 heteroatoms. The van der Waals surface area contributed by atoms with Crippen molar-refractivity contribution in [2.45, 2.75) is 38.7 Å². The zero-order chi connectivity index (χ0) is 13.0. The molecule has 2 nitrogen and oxygen atoms in total. The summed E-state index contributed by atoms with van der Waals surface area (Å²) in [6, 6.07) is 3.81. The van der Waals surface area contributed by atoms with Crippen LogP contribution in [0.3, 0.4) is 0 Å². The number of hydrogen-bond acceptors (Lipinski definition) is 2. The number of ether oxygens (including phenoxy) is 1. The van der Waals surface area contributed by atoms with Crippen molar-refractivity contribution in [3.8, 4) is 5.75 Å². The zero-order valence-corrected chi connectivity index (χ0v) is 13.5. The first kappa shape index (κ1) is 14.4. The van der Waals surface area contributed by atoms with Crippen LogP contribution in [0.2, 0.25) is 0 Å². The number of halogens is 2. The Morgan fingerprint density at radius 1 is 1.11 bits per heavy atom. The van der Waals surface area contributed by atoms with E-state index in [9.17, 15) is 0 Å². The van der Waals surface area contributed by atoms with Crippen molar-refractivity contribution in [1.82, 2.24) is 0 Å². The number of rotatable bonds is 4. The maximum absolute atomic E-state index is 9.13. The molecule has 0 aromatic heterocycles. The molecule has 1 aliphatic rings. The van der Waals surface area contributed by atoms with Crippen molar-refractivity contribution in [2.24, 2.45) is 5.92 Å². The molecule has 0 bridgehead atoms. The van der Waals surface area contributed by atoms with E-state index in [2.05, 4.69) is 31.9 Å². The van der Waals surface area contributed by atoms with Gasteiger partial charge in [0, 0.05) is 0 Å². The summed E-state index contributed by atoms with van der Waals surface area (Å²) in [6.45, 7) is 0.829. The Morgan fingerprint density at radius 2 is 1.72 bits per heavy atom. The zero-order valence-electron chi connectivity index (χ0n) is 10.3. The molecule has 1 fully saturated rings. The molecule has 1 aliphatic carbocycles. The smallest absolute Gasteiger partial charge is 0.147 e. The van der Waals surface area contributed by atoms with Crippen LogP contribution in [0.1, 0.15) is 37.7 Å². The average Bonchev–Trinajstić information content (AvgIpc) is 2.38. The monoisotopic (exact) mass is 376 g/mol. The van der Waals surface area contributed by atoms with Gasteiger partial charge in [-0.05, 0) is 68.3 Å². The van der Waals surface area contributed by atoms with Crippen LogP contribution in [0.4, 0.5) is 0 Å². The van der Waals surface area contributed by atoms with E-state index in [1.807, 2.05) is 12.1 Å². The molecule has 1 saturated carbocycles. The third-order valence-electron chi connectivity index (χ3n) is 3.43.